The van der Waals surface area contributed by atoms with Crippen LogP contribution in [0, 0.1) is 17.8 Å². The minimum atomic E-state index is -0.762. The van der Waals surface area contributed by atoms with E-state index < -0.39 is 6.10 Å². The van der Waals surface area contributed by atoms with Gasteiger partial charge in [-0.1, -0.05) is 228 Å². The molecular formula is C50H96O6. The molecule has 6 heteroatoms. The molecule has 0 bridgehead atoms. The van der Waals surface area contributed by atoms with Gasteiger partial charge in [-0.2, -0.15) is 0 Å². The molecule has 0 saturated heterocycles. The zero-order chi connectivity index (χ0) is 41.3. The molecule has 2 atom stereocenters. The topological polar surface area (TPSA) is 78.9 Å². The fourth-order valence-corrected chi connectivity index (χ4v) is 7.38. The molecule has 0 aliphatic heterocycles. The standard InChI is InChI=1S/C50H96O6/c1-7-46(6)38-32-26-20-16-17-22-28-34-40-49(52)55-43-47(56-50(53)41-35-29-23-15-11-13-19-25-31-37-45(4)5)42-54-48(51)39-33-27-21-14-10-8-9-12-18-24-30-36-44(2)3/h44-47H,7-43H2,1-6H3/t46?,47-/m1/s1. The Labute approximate surface area is 348 Å². The zero-order valence-electron chi connectivity index (χ0n) is 38.4. The highest BCUT2D eigenvalue weighted by Gasteiger charge is 2.19. The molecule has 0 radical (unpaired) electrons. The number of rotatable bonds is 43. The molecule has 6 nitrogen and oxygen atoms in total. The van der Waals surface area contributed by atoms with E-state index in [-0.39, 0.29) is 31.1 Å². The molecule has 56 heavy (non-hydrogen) atoms. The van der Waals surface area contributed by atoms with E-state index in [1.165, 1.54) is 148 Å². The van der Waals surface area contributed by atoms with Gasteiger partial charge in [-0.05, 0) is 37.0 Å². The summed E-state index contributed by atoms with van der Waals surface area (Å²) in [4.78, 5) is 37.8. The third-order valence-electron chi connectivity index (χ3n) is 11.5. The normalized spacial score (nSPS) is 12.6. The summed E-state index contributed by atoms with van der Waals surface area (Å²) in [6.45, 7) is 13.7. The van der Waals surface area contributed by atoms with E-state index in [1.807, 2.05) is 0 Å². The lowest BCUT2D eigenvalue weighted by atomic mass is 9.99. The summed E-state index contributed by atoms with van der Waals surface area (Å²) in [5.74, 6) is 1.62. The molecule has 0 spiro atoms. The number of esters is 3. The van der Waals surface area contributed by atoms with Gasteiger partial charge in [-0.25, -0.2) is 0 Å². The van der Waals surface area contributed by atoms with Gasteiger partial charge >= 0.3 is 17.9 Å². The van der Waals surface area contributed by atoms with Crippen LogP contribution in [0.3, 0.4) is 0 Å². The van der Waals surface area contributed by atoms with E-state index in [4.69, 9.17) is 14.2 Å². The van der Waals surface area contributed by atoms with Gasteiger partial charge in [-0.3, -0.25) is 14.4 Å². The minimum Gasteiger partial charge on any atom is -0.462 e. The van der Waals surface area contributed by atoms with Crippen molar-refractivity contribution in [3.63, 3.8) is 0 Å². The molecule has 0 aromatic rings. The number of hydrogen-bond donors (Lipinski definition) is 0. The number of ether oxygens (including phenoxy) is 3. The summed E-state index contributed by atoms with van der Waals surface area (Å²) in [5, 5.41) is 0. The van der Waals surface area contributed by atoms with Gasteiger partial charge in [0.15, 0.2) is 6.10 Å². The summed E-state index contributed by atoms with van der Waals surface area (Å²) >= 11 is 0. The minimum absolute atomic E-state index is 0.0656. The number of carbonyl (C=O) groups is 3. The smallest absolute Gasteiger partial charge is 0.306 e. The molecule has 0 amide bonds. The molecule has 332 valence electrons. The molecule has 0 aromatic carbocycles. The van der Waals surface area contributed by atoms with Gasteiger partial charge < -0.3 is 14.2 Å². The summed E-state index contributed by atoms with van der Waals surface area (Å²) < 4.78 is 16.8. The Morgan fingerprint density at radius 2 is 0.625 bits per heavy atom. The van der Waals surface area contributed by atoms with Crippen LogP contribution >= 0.6 is 0 Å². The van der Waals surface area contributed by atoms with Crippen molar-refractivity contribution < 1.29 is 28.6 Å². The van der Waals surface area contributed by atoms with Gasteiger partial charge in [0.05, 0.1) is 0 Å². The highest BCUT2D eigenvalue weighted by Crippen LogP contribution is 2.18. The molecular weight excluding hydrogens is 697 g/mol. The van der Waals surface area contributed by atoms with Crippen LogP contribution in [0.25, 0.3) is 0 Å². The van der Waals surface area contributed by atoms with E-state index in [1.54, 1.807) is 0 Å². The molecule has 0 rings (SSSR count). The molecule has 0 aliphatic carbocycles. The van der Waals surface area contributed by atoms with Crippen molar-refractivity contribution in [2.45, 2.75) is 272 Å². The molecule has 0 heterocycles. The highest BCUT2D eigenvalue weighted by atomic mass is 16.6. The van der Waals surface area contributed by atoms with Crippen molar-refractivity contribution >= 4 is 17.9 Å². The Kier molecular flexibility index (Phi) is 40.4. The lowest BCUT2D eigenvalue weighted by Gasteiger charge is -2.18. The Morgan fingerprint density at radius 1 is 0.357 bits per heavy atom. The highest BCUT2D eigenvalue weighted by molar-refractivity contribution is 5.71. The van der Waals surface area contributed by atoms with Gasteiger partial charge in [-0.15, -0.1) is 0 Å². The van der Waals surface area contributed by atoms with Crippen molar-refractivity contribution in [3.05, 3.63) is 0 Å². The third kappa shape index (κ3) is 42.0. The second-order valence-electron chi connectivity index (χ2n) is 18.3. The predicted octanol–water partition coefficient (Wildman–Crippen LogP) is 15.6. The summed E-state index contributed by atoms with van der Waals surface area (Å²) in [5.41, 5.74) is 0. The average molecular weight is 793 g/mol. The van der Waals surface area contributed by atoms with Crippen LogP contribution in [0.4, 0.5) is 0 Å². The molecule has 0 saturated carbocycles. The largest absolute Gasteiger partial charge is 0.462 e. The van der Waals surface area contributed by atoms with Crippen LogP contribution in [-0.4, -0.2) is 37.2 Å². The Morgan fingerprint density at radius 3 is 0.929 bits per heavy atom. The van der Waals surface area contributed by atoms with Crippen molar-refractivity contribution in [2.75, 3.05) is 13.2 Å². The first-order valence-corrected chi connectivity index (χ1v) is 24.6. The lowest BCUT2D eigenvalue weighted by molar-refractivity contribution is -0.167. The van der Waals surface area contributed by atoms with Crippen LogP contribution in [-0.2, 0) is 28.6 Å². The van der Waals surface area contributed by atoms with Crippen LogP contribution in [0.15, 0.2) is 0 Å². The first-order chi connectivity index (χ1) is 27.1. The van der Waals surface area contributed by atoms with Crippen LogP contribution in [0.5, 0.6) is 0 Å². The lowest BCUT2D eigenvalue weighted by Crippen LogP contribution is -2.30. The number of unbranched alkanes of at least 4 members (excludes halogenated alkanes) is 25. The third-order valence-corrected chi connectivity index (χ3v) is 11.5. The zero-order valence-corrected chi connectivity index (χ0v) is 38.4. The maximum Gasteiger partial charge on any atom is 0.306 e. The number of hydrogen-bond acceptors (Lipinski definition) is 6. The quantitative estimate of drug-likeness (QED) is 0.0348. The van der Waals surface area contributed by atoms with E-state index in [0.717, 1.165) is 75.5 Å². The van der Waals surface area contributed by atoms with E-state index in [2.05, 4.69) is 41.5 Å². The molecule has 0 fully saturated rings. The fraction of sp³-hybridized carbons (Fsp3) is 0.940. The van der Waals surface area contributed by atoms with E-state index in [9.17, 15) is 14.4 Å². The van der Waals surface area contributed by atoms with E-state index in [0.29, 0.717) is 19.3 Å². The first kappa shape index (κ1) is 54.4. The van der Waals surface area contributed by atoms with E-state index >= 15 is 0 Å². The Balaban J connectivity index is 4.34. The van der Waals surface area contributed by atoms with Crippen LogP contribution in [0.2, 0.25) is 0 Å². The second kappa shape index (κ2) is 41.6. The Bertz CT molecular complexity index is 870. The fourth-order valence-electron chi connectivity index (χ4n) is 7.38. The second-order valence-corrected chi connectivity index (χ2v) is 18.3. The van der Waals surface area contributed by atoms with Crippen molar-refractivity contribution in [2.24, 2.45) is 17.8 Å². The summed E-state index contributed by atoms with van der Waals surface area (Å²) in [6, 6.07) is 0. The first-order valence-electron chi connectivity index (χ1n) is 24.6. The Hall–Kier alpha value is -1.59. The maximum atomic E-state index is 12.7. The SMILES string of the molecule is CCC(C)CCCCCCCCCCC(=O)OC[C@@H](COC(=O)CCCCCCCCCCCCCC(C)C)OC(=O)CCCCCCCCCCCC(C)C. The number of carbonyl (C=O) groups excluding carboxylic acids is 3. The van der Waals surface area contributed by atoms with Crippen LogP contribution in [0.1, 0.15) is 266 Å². The van der Waals surface area contributed by atoms with Crippen molar-refractivity contribution in [1.82, 2.24) is 0 Å². The van der Waals surface area contributed by atoms with Gasteiger partial charge in [0.25, 0.3) is 0 Å². The van der Waals surface area contributed by atoms with Crippen molar-refractivity contribution in [3.8, 4) is 0 Å². The molecule has 0 aliphatic rings. The average Bonchev–Trinajstić information content (AvgIpc) is 3.16. The molecule has 0 N–H and O–H groups in total. The predicted molar refractivity (Wildman–Crippen MR) is 238 cm³/mol. The summed E-state index contributed by atoms with van der Waals surface area (Å²) in [7, 11) is 0. The maximum absolute atomic E-state index is 12.7. The molecule has 1 unspecified atom stereocenters. The van der Waals surface area contributed by atoms with Gasteiger partial charge in [0.2, 0.25) is 0 Å². The van der Waals surface area contributed by atoms with Crippen LogP contribution < -0.4 is 0 Å². The van der Waals surface area contributed by atoms with Gasteiger partial charge in [0.1, 0.15) is 13.2 Å². The summed E-state index contributed by atoms with van der Waals surface area (Å²) in [6.07, 6.45) is 39.4. The van der Waals surface area contributed by atoms with Gasteiger partial charge in [0, 0.05) is 19.3 Å². The molecule has 0 aromatic heterocycles. The van der Waals surface area contributed by atoms with Crippen molar-refractivity contribution in [1.29, 1.82) is 0 Å². The monoisotopic (exact) mass is 793 g/mol.